The number of rotatable bonds is 4. The number of hydrogen-bond acceptors (Lipinski definition) is 3. The van der Waals surface area contributed by atoms with Crippen LogP contribution < -0.4 is 11.1 Å². The van der Waals surface area contributed by atoms with Gasteiger partial charge >= 0.3 is 6.18 Å². The molecule has 1 aliphatic carbocycles. The van der Waals surface area contributed by atoms with Crippen molar-refractivity contribution in [1.29, 1.82) is 0 Å². The normalized spacial score (nSPS) is 31.2. The van der Waals surface area contributed by atoms with Crippen molar-refractivity contribution < 1.29 is 18.4 Å². The third kappa shape index (κ3) is 4.56. The maximum Gasteiger partial charge on any atom is 0.400 e. The molecule has 0 aliphatic heterocycles. The van der Waals surface area contributed by atoms with Crippen molar-refractivity contribution in [3.05, 3.63) is 0 Å². The van der Waals surface area contributed by atoms with Crippen LogP contribution in [0.3, 0.4) is 0 Å². The van der Waals surface area contributed by atoms with E-state index in [9.17, 15) is 13.2 Å². The van der Waals surface area contributed by atoms with Gasteiger partial charge in [0.15, 0.2) is 5.84 Å². The van der Waals surface area contributed by atoms with Crippen LogP contribution in [0.2, 0.25) is 0 Å². The SMILES string of the molecule is CC1CCC(NCC(C(N)=NO)C(F)(F)F)CC1C. The minimum Gasteiger partial charge on any atom is -0.409 e. The zero-order chi connectivity index (χ0) is 14.6. The third-order valence-corrected chi connectivity index (χ3v) is 4.08. The predicted molar refractivity (Wildman–Crippen MR) is 66.9 cm³/mol. The van der Waals surface area contributed by atoms with Gasteiger partial charge in [0.2, 0.25) is 0 Å². The molecule has 0 amide bonds. The van der Waals surface area contributed by atoms with E-state index in [4.69, 9.17) is 10.9 Å². The number of hydrogen-bond donors (Lipinski definition) is 3. The molecule has 4 atom stereocenters. The Bertz CT molecular complexity index is 320. The minimum atomic E-state index is -4.50. The van der Waals surface area contributed by atoms with E-state index in [0.29, 0.717) is 11.8 Å². The molecule has 4 unspecified atom stereocenters. The molecule has 0 heterocycles. The largest absolute Gasteiger partial charge is 0.409 e. The number of halogens is 3. The van der Waals surface area contributed by atoms with E-state index < -0.39 is 17.9 Å². The van der Waals surface area contributed by atoms with Gasteiger partial charge in [-0.1, -0.05) is 19.0 Å². The lowest BCUT2D eigenvalue weighted by Crippen LogP contribution is -2.46. The maximum absolute atomic E-state index is 12.7. The molecule has 0 spiro atoms. The first-order valence-electron chi connectivity index (χ1n) is 6.53. The molecular formula is C12H22F3N3O. The molecule has 0 aromatic heterocycles. The Balaban J connectivity index is 2.53. The second kappa shape index (κ2) is 6.45. The monoisotopic (exact) mass is 281 g/mol. The van der Waals surface area contributed by atoms with E-state index in [-0.39, 0.29) is 12.6 Å². The topological polar surface area (TPSA) is 70.6 Å². The van der Waals surface area contributed by atoms with Crippen LogP contribution in [0.15, 0.2) is 5.16 Å². The quantitative estimate of drug-likeness (QED) is 0.320. The van der Waals surface area contributed by atoms with Crippen molar-refractivity contribution in [3.8, 4) is 0 Å². The Morgan fingerprint density at radius 2 is 2.00 bits per heavy atom. The van der Waals surface area contributed by atoms with Gasteiger partial charge < -0.3 is 16.3 Å². The van der Waals surface area contributed by atoms with Crippen molar-refractivity contribution in [1.82, 2.24) is 5.32 Å². The Labute approximate surface area is 111 Å². The number of oxime groups is 1. The molecule has 112 valence electrons. The molecule has 1 fully saturated rings. The number of nitrogens with one attached hydrogen (secondary N) is 1. The molecule has 1 saturated carbocycles. The average Bonchev–Trinajstić information content (AvgIpc) is 2.31. The van der Waals surface area contributed by atoms with Crippen LogP contribution in [0.4, 0.5) is 13.2 Å². The molecule has 4 N–H and O–H groups in total. The van der Waals surface area contributed by atoms with Gasteiger partial charge in [-0.2, -0.15) is 13.2 Å². The standard InChI is InChI=1S/C12H22F3N3O/c1-7-3-4-9(5-8(7)2)17-6-10(11(16)18-19)12(13,14)15/h7-10,17,19H,3-6H2,1-2H3,(H2,16,18). The average molecular weight is 281 g/mol. The highest BCUT2D eigenvalue weighted by Gasteiger charge is 2.43. The Morgan fingerprint density at radius 1 is 1.37 bits per heavy atom. The Morgan fingerprint density at radius 3 is 2.47 bits per heavy atom. The molecule has 7 heteroatoms. The molecule has 0 saturated heterocycles. The van der Waals surface area contributed by atoms with Gasteiger partial charge in [-0.15, -0.1) is 0 Å². The summed E-state index contributed by atoms with van der Waals surface area (Å²) in [4.78, 5) is 0. The smallest absolute Gasteiger partial charge is 0.400 e. The molecule has 0 aromatic carbocycles. The maximum atomic E-state index is 12.7. The molecule has 0 radical (unpaired) electrons. The second-order valence-corrected chi connectivity index (χ2v) is 5.49. The van der Waals surface area contributed by atoms with Gasteiger partial charge in [-0.05, 0) is 31.1 Å². The predicted octanol–water partition coefficient (Wildman–Crippen LogP) is 2.33. The highest BCUT2D eigenvalue weighted by Crippen LogP contribution is 2.30. The zero-order valence-corrected chi connectivity index (χ0v) is 11.2. The van der Waals surface area contributed by atoms with Crippen molar-refractivity contribution in [3.63, 3.8) is 0 Å². The molecule has 1 aliphatic rings. The first kappa shape index (κ1) is 16.1. The second-order valence-electron chi connectivity index (χ2n) is 5.49. The molecule has 0 aromatic rings. The lowest BCUT2D eigenvalue weighted by atomic mass is 9.79. The zero-order valence-electron chi connectivity index (χ0n) is 11.2. The number of nitrogens with zero attached hydrogens (tertiary/aromatic N) is 1. The van der Waals surface area contributed by atoms with Crippen LogP contribution in [0.1, 0.15) is 33.1 Å². The van der Waals surface area contributed by atoms with E-state index in [2.05, 4.69) is 24.3 Å². The molecule has 4 nitrogen and oxygen atoms in total. The first-order valence-corrected chi connectivity index (χ1v) is 6.53. The van der Waals surface area contributed by atoms with E-state index in [1.807, 2.05) is 0 Å². The van der Waals surface area contributed by atoms with E-state index in [0.717, 1.165) is 19.3 Å². The van der Waals surface area contributed by atoms with Crippen LogP contribution in [0, 0.1) is 17.8 Å². The molecule has 19 heavy (non-hydrogen) atoms. The van der Waals surface area contributed by atoms with Gasteiger partial charge in [0, 0.05) is 12.6 Å². The Hall–Kier alpha value is -0.980. The first-order chi connectivity index (χ1) is 8.75. The van der Waals surface area contributed by atoms with Gasteiger partial charge in [-0.25, -0.2) is 0 Å². The lowest BCUT2D eigenvalue weighted by molar-refractivity contribution is -0.155. The summed E-state index contributed by atoms with van der Waals surface area (Å²) >= 11 is 0. The number of nitrogens with two attached hydrogens (primary N) is 1. The van der Waals surface area contributed by atoms with Crippen molar-refractivity contribution in [2.45, 2.75) is 45.3 Å². The molecular weight excluding hydrogens is 259 g/mol. The molecule has 1 rings (SSSR count). The summed E-state index contributed by atoms with van der Waals surface area (Å²) in [5.74, 6) is -1.62. The van der Waals surface area contributed by atoms with Crippen molar-refractivity contribution >= 4 is 5.84 Å². The Kier molecular flexibility index (Phi) is 5.46. The fraction of sp³-hybridized carbons (Fsp3) is 0.917. The van der Waals surface area contributed by atoms with Gasteiger partial charge in [0.05, 0.1) is 0 Å². The van der Waals surface area contributed by atoms with Gasteiger partial charge in [-0.3, -0.25) is 0 Å². The van der Waals surface area contributed by atoms with Crippen molar-refractivity contribution in [2.75, 3.05) is 6.54 Å². The van der Waals surface area contributed by atoms with E-state index >= 15 is 0 Å². The summed E-state index contributed by atoms with van der Waals surface area (Å²) in [5, 5.41) is 13.8. The van der Waals surface area contributed by atoms with Gasteiger partial charge in [0.25, 0.3) is 0 Å². The van der Waals surface area contributed by atoms with E-state index in [1.165, 1.54) is 0 Å². The molecule has 0 bridgehead atoms. The lowest BCUT2D eigenvalue weighted by Gasteiger charge is -2.33. The highest BCUT2D eigenvalue weighted by molar-refractivity contribution is 5.83. The third-order valence-electron chi connectivity index (χ3n) is 4.08. The van der Waals surface area contributed by atoms with Crippen LogP contribution in [-0.4, -0.2) is 29.8 Å². The number of alkyl halides is 3. The fourth-order valence-corrected chi connectivity index (χ4v) is 2.48. The number of amidine groups is 1. The summed E-state index contributed by atoms with van der Waals surface area (Å²) in [7, 11) is 0. The van der Waals surface area contributed by atoms with Crippen LogP contribution in [-0.2, 0) is 0 Å². The highest BCUT2D eigenvalue weighted by atomic mass is 19.4. The fourth-order valence-electron chi connectivity index (χ4n) is 2.48. The summed E-state index contributed by atoms with van der Waals surface area (Å²) in [6.07, 6.45) is -1.76. The minimum absolute atomic E-state index is 0.0718. The summed E-state index contributed by atoms with van der Waals surface area (Å²) < 4.78 is 38.2. The van der Waals surface area contributed by atoms with Crippen molar-refractivity contribution in [2.24, 2.45) is 28.6 Å². The van der Waals surface area contributed by atoms with Gasteiger partial charge in [0.1, 0.15) is 5.92 Å². The summed E-state index contributed by atoms with van der Waals surface area (Å²) in [6.45, 7) is 3.93. The summed E-state index contributed by atoms with van der Waals surface area (Å²) in [5.41, 5.74) is 5.11. The van der Waals surface area contributed by atoms with E-state index in [1.54, 1.807) is 0 Å². The van der Waals surface area contributed by atoms with Crippen LogP contribution in [0.5, 0.6) is 0 Å². The van der Waals surface area contributed by atoms with Crippen LogP contribution >= 0.6 is 0 Å². The van der Waals surface area contributed by atoms with Crippen LogP contribution in [0.25, 0.3) is 0 Å². The summed E-state index contributed by atoms with van der Waals surface area (Å²) in [6, 6.07) is 0.0718.